The van der Waals surface area contributed by atoms with E-state index in [-0.39, 0.29) is 0 Å². The van der Waals surface area contributed by atoms with Gasteiger partial charge in [0.1, 0.15) is 0 Å². The van der Waals surface area contributed by atoms with Crippen molar-refractivity contribution >= 4 is 35.3 Å². The number of fused-ring (bicyclic) bond motifs is 1. The van der Waals surface area contributed by atoms with Crippen molar-refractivity contribution in [3.05, 3.63) is 65.2 Å². The number of hydrogen-bond acceptors (Lipinski definition) is 3. The monoisotopic (exact) mass is 360 g/mol. The van der Waals surface area contributed by atoms with Crippen LogP contribution in [0.5, 0.6) is 0 Å². The van der Waals surface area contributed by atoms with Crippen molar-refractivity contribution in [2.24, 2.45) is 0 Å². The SMILES string of the molecule is COP(=O)(OC)c1ccc2ccccc2c1-c1ccc(Cl)cc1C. The van der Waals surface area contributed by atoms with E-state index in [9.17, 15) is 4.57 Å². The molecule has 3 nitrogen and oxygen atoms in total. The van der Waals surface area contributed by atoms with Crippen molar-refractivity contribution < 1.29 is 13.6 Å². The summed E-state index contributed by atoms with van der Waals surface area (Å²) in [5.41, 5.74) is 2.81. The van der Waals surface area contributed by atoms with Crippen LogP contribution in [0.25, 0.3) is 21.9 Å². The summed E-state index contributed by atoms with van der Waals surface area (Å²) in [6, 6.07) is 17.4. The summed E-state index contributed by atoms with van der Waals surface area (Å²) in [6.45, 7) is 1.98. The van der Waals surface area contributed by atoms with Crippen LogP contribution >= 0.6 is 19.2 Å². The van der Waals surface area contributed by atoms with Gasteiger partial charge in [-0.25, -0.2) is 0 Å². The van der Waals surface area contributed by atoms with Crippen molar-refractivity contribution in [2.45, 2.75) is 6.92 Å². The van der Waals surface area contributed by atoms with Crippen molar-refractivity contribution in [1.29, 1.82) is 0 Å². The lowest BCUT2D eigenvalue weighted by molar-refractivity contribution is 0.287. The van der Waals surface area contributed by atoms with Gasteiger partial charge in [0.2, 0.25) is 0 Å². The van der Waals surface area contributed by atoms with Crippen molar-refractivity contribution in [2.75, 3.05) is 14.2 Å². The van der Waals surface area contributed by atoms with Crippen LogP contribution in [-0.2, 0) is 13.6 Å². The molecule has 3 rings (SSSR count). The summed E-state index contributed by atoms with van der Waals surface area (Å²) in [7, 11) is -0.604. The highest BCUT2D eigenvalue weighted by atomic mass is 35.5. The highest BCUT2D eigenvalue weighted by Crippen LogP contribution is 2.49. The molecule has 0 radical (unpaired) electrons. The van der Waals surface area contributed by atoms with Gasteiger partial charge >= 0.3 is 7.60 Å². The molecule has 24 heavy (non-hydrogen) atoms. The van der Waals surface area contributed by atoms with E-state index in [0.717, 1.165) is 27.5 Å². The lowest BCUT2D eigenvalue weighted by Crippen LogP contribution is -2.12. The zero-order chi connectivity index (χ0) is 17.3. The predicted octanol–water partition coefficient (Wildman–Crippen LogP) is 5.58. The Morgan fingerprint density at radius 2 is 1.67 bits per heavy atom. The Hall–Kier alpha value is -1.64. The zero-order valence-corrected chi connectivity index (χ0v) is 15.4. The Morgan fingerprint density at radius 3 is 2.33 bits per heavy atom. The maximum absolute atomic E-state index is 13.1. The van der Waals surface area contributed by atoms with E-state index in [4.69, 9.17) is 20.6 Å². The molecule has 0 amide bonds. The first kappa shape index (κ1) is 17.2. The van der Waals surface area contributed by atoms with Crippen LogP contribution in [0.4, 0.5) is 0 Å². The Morgan fingerprint density at radius 1 is 0.958 bits per heavy atom. The van der Waals surface area contributed by atoms with Gasteiger partial charge in [0.25, 0.3) is 0 Å². The van der Waals surface area contributed by atoms with Gasteiger partial charge in [0.15, 0.2) is 0 Å². The summed E-state index contributed by atoms with van der Waals surface area (Å²) in [5, 5.41) is 3.27. The molecular formula is C19H18ClO3P. The molecule has 0 atom stereocenters. The third kappa shape index (κ3) is 2.89. The molecule has 124 valence electrons. The Kier molecular flexibility index (Phi) is 4.80. The average molecular weight is 361 g/mol. The van der Waals surface area contributed by atoms with Gasteiger partial charge in [0.05, 0.1) is 5.30 Å². The molecule has 5 heteroatoms. The zero-order valence-electron chi connectivity index (χ0n) is 13.7. The predicted molar refractivity (Wildman–Crippen MR) is 100 cm³/mol. The Labute approximate surface area is 146 Å². The molecule has 0 unspecified atom stereocenters. The largest absolute Gasteiger partial charge is 0.361 e. The molecule has 0 aromatic heterocycles. The number of halogens is 1. The minimum atomic E-state index is -3.41. The van der Waals surface area contributed by atoms with Crippen LogP contribution in [0.1, 0.15) is 5.56 Å². The maximum atomic E-state index is 13.1. The second-order valence-electron chi connectivity index (χ2n) is 5.50. The standard InChI is InChI=1S/C19H18ClO3P/c1-13-12-15(20)9-10-16(13)19-17-7-5-4-6-14(17)8-11-18(19)24(21,22-2)23-3/h4-12H,1-3H3. The molecule has 0 aliphatic carbocycles. The van der Waals surface area contributed by atoms with E-state index < -0.39 is 7.60 Å². The molecular weight excluding hydrogens is 343 g/mol. The van der Waals surface area contributed by atoms with Gasteiger partial charge in [-0.1, -0.05) is 48.0 Å². The summed E-state index contributed by atoms with van der Waals surface area (Å²) in [6.07, 6.45) is 0. The second kappa shape index (κ2) is 6.70. The van der Waals surface area contributed by atoms with Crippen molar-refractivity contribution in [1.82, 2.24) is 0 Å². The van der Waals surface area contributed by atoms with Crippen LogP contribution in [0.2, 0.25) is 5.02 Å². The minimum absolute atomic E-state index is 0.552. The molecule has 0 bridgehead atoms. The molecule has 3 aromatic rings. The molecule has 0 N–H and O–H groups in total. The fraction of sp³-hybridized carbons (Fsp3) is 0.158. The van der Waals surface area contributed by atoms with E-state index in [1.165, 1.54) is 14.2 Å². The smallest absolute Gasteiger partial charge is 0.309 e. The highest BCUT2D eigenvalue weighted by Gasteiger charge is 2.29. The molecule has 3 aromatic carbocycles. The topological polar surface area (TPSA) is 35.5 Å². The summed E-state index contributed by atoms with van der Waals surface area (Å²) >= 11 is 6.10. The first-order valence-corrected chi connectivity index (χ1v) is 9.42. The number of hydrogen-bond donors (Lipinski definition) is 0. The molecule has 0 aliphatic heterocycles. The summed E-state index contributed by atoms with van der Waals surface area (Å²) < 4.78 is 23.6. The quantitative estimate of drug-likeness (QED) is 0.570. The maximum Gasteiger partial charge on any atom is 0.361 e. The molecule has 0 spiro atoms. The van der Waals surface area contributed by atoms with E-state index in [1.54, 1.807) is 0 Å². The first-order chi connectivity index (χ1) is 11.5. The van der Waals surface area contributed by atoms with Crippen LogP contribution in [-0.4, -0.2) is 14.2 Å². The summed E-state index contributed by atoms with van der Waals surface area (Å²) in [4.78, 5) is 0. The molecule has 0 fully saturated rings. The Bertz CT molecular complexity index is 944. The van der Waals surface area contributed by atoms with E-state index >= 15 is 0 Å². The first-order valence-electron chi connectivity index (χ1n) is 7.50. The molecule has 0 saturated heterocycles. The Balaban J connectivity index is 2.44. The molecule has 0 aliphatic rings. The third-order valence-electron chi connectivity index (χ3n) is 4.14. The van der Waals surface area contributed by atoms with E-state index in [1.807, 2.05) is 61.5 Å². The normalized spacial score (nSPS) is 11.8. The number of benzene rings is 3. The number of rotatable bonds is 4. The van der Waals surface area contributed by atoms with Gasteiger partial charge in [-0.05, 0) is 47.0 Å². The minimum Gasteiger partial charge on any atom is -0.309 e. The van der Waals surface area contributed by atoms with E-state index in [2.05, 4.69) is 0 Å². The van der Waals surface area contributed by atoms with Gasteiger partial charge in [-0.3, -0.25) is 4.57 Å². The highest BCUT2D eigenvalue weighted by molar-refractivity contribution is 7.62. The number of aryl methyl sites for hydroxylation is 1. The summed E-state index contributed by atoms with van der Waals surface area (Å²) in [5.74, 6) is 0. The van der Waals surface area contributed by atoms with Gasteiger partial charge < -0.3 is 9.05 Å². The van der Waals surface area contributed by atoms with Gasteiger partial charge in [-0.2, -0.15) is 0 Å². The fourth-order valence-electron chi connectivity index (χ4n) is 2.95. The third-order valence-corrected chi connectivity index (χ3v) is 6.30. The van der Waals surface area contributed by atoms with E-state index in [0.29, 0.717) is 10.3 Å². The lowest BCUT2D eigenvalue weighted by Gasteiger charge is -2.20. The van der Waals surface area contributed by atoms with Crippen LogP contribution < -0.4 is 5.30 Å². The molecule has 0 saturated carbocycles. The van der Waals surface area contributed by atoms with Crippen molar-refractivity contribution in [3.8, 4) is 11.1 Å². The van der Waals surface area contributed by atoms with Gasteiger partial charge in [0, 0.05) is 24.8 Å². The average Bonchev–Trinajstić information content (AvgIpc) is 2.60. The van der Waals surface area contributed by atoms with Crippen LogP contribution in [0.15, 0.2) is 54.6 Å². The van der Waals surface area contributed by atoms with Gasteiger partial charge in [-0.15, -0.1) is 0 Å². The van der Waals surface area contributed by atoms with Crippen LogP contribution in [0.3, 0.4) is 0 Å². The fourth-order valence-corrected chi connectivity index (χ4v) is 4.49. The van der Waals surface area contributed by atoms with Crippen molar-refractivity contribution in [3.63, 3.8) is 0 Å². The van der Waals surface area contributed by atoms with Crippen LogP contribution in [0, 0.1) is 6.92 Å². The lowest BCUT2D eigenvalue weighted by atomic mass is 9.95. The second-order valence-corrected chi connectivity index (χ2v) is 8.15. The molecule has 0 heterocycles.